The lowest BCUT2D eigenvalue weighted by Gasteiger charge is -2.15. The van der Waals surface area contributed by atoms with Crippen LogP contribution in [0.3, 0.4) is 0 Å². The summed E-state index contributed by atoms with van der Waals surface area (Å²) in [7, 11) is 0. The van der Waals surface area contributed by atoms with E-state index in [1.807, 2.05) is 13.8 Å². The van der Waals surface area contributed by atoms with Crippen molar-refractivity contribution >= 4 is 10.8 Å². The molecule has 3 aromatic heterocycles. The van der Waals surface area contributed by atoms with Crippen molar-refractivity contribution in [3.8, 4) is 11.6 Å². The monoisotopic (exact) mass is 359 g/mol. The van der Waals surface area contributed by atoms with Gasteiger partial charge in [0.1, 0.15) is 0 Å². The van der Waals surface area contributed by atoms with Crippen molar-refractivity contribution in [2.45, 2.75) is 34.1 Å². The fourth-order valence-corrected chi connectivity index (χ4v) is 3.76. The zero-order valence-electron chi connectivity index (χ0n) is 15.9. The maximum atomic E-state index is 13.2. The van der Waals surface area contributed by atoms with Gasteiger partial charge < -0.3 is 4.57 Å². The molecule has 0 saturated heterocycles. The van der Waals surface area contributed by atoms with Gasteiger partial charge >= 0.3 is 0 Å². The summed E-state index contributed by atoms with van der Waals surface area (Å²) >= 11 is 0. The minimum atomic E-state index is -0.206. The van der Waals surface area contributed by atoms with E-state index in [2.05, 4.69) is 51.7 Å². The highest BCUT2D eigenvalue weighted by atomic mass is 16.1. The molecule has 0 aliphatic rings. The molecule has 6 nitrogen and oxygen atoms in total. The predicted octanol–water partition coefficient (Wildman–Crippen LogP) is 3.45. The van der Waals surface area contributed by atoms with Crippen LogP contribution >= 0.6 is 0 Å². The van der Waals surface area contributed by atoms with E-state index < -0.39 is 0 Å². The lowest BCUT2D eigenvalue weighted by molar-refractivity contribution is 0.762. The van der Waals surface area contributed by atoms with E-state index in [4.69, 9.17) is 0 Å². The summed E-state index contributed by atoms with van der Waals surface area (Å²) < 4.78 is 3.41. The summed E-state index contributed by atoms with van der Waals surface area (Å²) in [6, 6.07) is 8.02. The van der Waals surface area contributed by atoms with E-state index in [1.54, 1.807) is 24.7 Å². The fourth-order valence-electron chi connectivity index (χ4n) is 3.76. The van der Waals surface area contributed by atoms with E-state index >= 15 is 0 Å². The second-order valence-electron chi connectivity index (χ2n) is 6.62. The van der Waals surface area contributed by atoms with E-state index in [0.29, 0.717) is 5.39 Å². The molecule has 0 unspecified atom stereocenters. The van der Waals surface area contributed by atoms with Crippen LogP contribution < -0.4 is 5.56 Å². The number of nitrogens with zero attached hydrogens (tertiary/aromatic N) is 5. The van der Waals surface area contributed by atoms with Crippen LogP contribution in [0.2, 0.25) is 0 Å². The van der Waals surface area contributed by atoms with E-state index in [0.717, 1.165) is 28.9 Å². The average Bonchev–Trinajstić information content (AvgIpc) is 2.94. The van der Waals surface area contributed by atoms with Gasteiger partial charge in [-0.25, -0.2) is 9.97 Å². The molecule has 27 heavy (non-hydrogen) atoms. The van der Waals surface area contributed by atoms with Crippen molar-refractivity contribution in [3.05, 3.63) is 75.7 Å². The third-order valence-corrected chi connectivity index (χ3v) is 5.18. The quantitative estimate of drug-likeness (QED) is 0.562. The highest BCUT2D eigenvalue weighted by Gasteiger charge is 2.19. The summed E-state index contributed by atoms with van der Waals surface area (Å²) in [5.74, 6) is 0.276. The van der Waals surface area contributed by atoms with Crippen LogP contribution in [-0.2, 0) is 6.42 Å². The molecule has 136 valence electrons. The van der Waals surface area contributed by atoms with Gasteiger partial charge in [-0.3, -0.25) is 4.79 Å². The van der Waals surface area contributed by atoms with Gasteiger partial charge in [-0.15, -0.1) is 0 Å². The number of fused-ring (bicyclic) bond motifs is 1. The Labute approximate surface area is 157 Å². The number of aryl methyl sites for hydroxylation is 3. The molecule has 4 aromatic rings. The molecule has 0 amide bonds. The first-order valence-corrected chi connectivity index (χ1v) is 9.00. The minimum Gasteiger partial charge on any atom is -0.317 e. The Morgan fingerprint density at radius 1 is 1.00 bits per heavy atom. The molecule has 0 atom stereocenters. The highest BCUT2D eigenvalue weighted by molar-refractivity contribution is 5.88. The molecular weight excluding hydrogens is 338 g/mol. The van der Waals surface area contributed by atoms with Crippen LogP contribution in [0.1, 0.15) is 29.4 Å². The van der Waals surface area contributed by atoms with Gasteiger partial charge in [0.2, 0.25) is 0 Å². The van der Waals surface area contributed by atoms with E-state index in [1.165, 1.54) is 15.8 Å². The van der Waals surface area contributed by atoms with Gasteiger partial charge in [-0.05, 0) is 50.5 Å². The first-order chi connectivity index (χ1) is 13.0. The van der Waals surface area contributed by atoms with Gasteiger partial charge in [-0.2, -0.15) is 9.78 Å². The van der Waals surface area contributed by atoms with Gasteiger partial charge in [-0.1, -0.05) is 19.1 Å². The molecule has 0 saturated carbocycles. The first-order valence-electron chi connectivity index (χ1n) is 9.00. The van der Waals surface area contributed by atoms with Gasteiger partial charge in [0, 0.05) is 34.9 Å². The summed E-state index contributed by atoms with van der Waals surface area (Å²) in [6.45, 7) is 8.29. The summed E-state index contributed by atoms with van der Waals surface area (Å²) in [6.07, 6.45) is 5.90. The van der Waals surface area contributed by atoms with Crippen LogP contribution in [0.4, 0.5) is 0 Å². The third-order valence-electron chi connectivity index (χ3n) is 5.18. The molecule has 6 heteroatoms. The molecule has 0 aliphatic heterocycles. The van der Waals surface area contributed by atoms with Crippen molar-refractivity contribution in [1.29, 1.82) is 0 Å². The first kappa shape index (κ1) is 17.1. The number of rotatable bonds is 3. The minimum absolute atomic E-state index is 0.206. The molecule has 4 rings (SSSR count). The Bertz CT molecular complexity index is 1200. The second kappa shape index (κ2) is 6.46. The van der Waals surface area contributed by atoms with Gasteiger partial charge in [0.05, 0.1) is 11.6 Å². The Balaban J connectivity index is 2.03. The van der Waals surface area contributed by atoms with Gasteiger partial charge in [0.15, 0.2) is 0 Å². The van der Waals surface area contributed by atoms with Crippen LogP contribution in [0.5, 0.6) is 0 Å². The summed E-state index contributed by atoms with van der Waals surface area (Å²) in [4.78, 5) is 21.5. The maximum Gasteiger partial charge on any atom is 0.283 e. The molecular formula is C21H21N5O. The van der Waals surface area contributed by atoms with Crippen molar-refractivity contribution in [2.24, 2.45) is 0 Å². The Hall–Kier alpha value is -3.28. The number of hydrogen-bond donors (Lipinski definition) is 0. The second-order valence-corrected chi connectivity index (χ2v) is 6.62. The van der Waals surface area contributed by atoms with E-state index in [9.17, 15) is 4.79 Å². The van der Waals surface area contributed by atoms with Crippen LogP contribution in [0.15, 0.2) is 47.7 Å². The average molecular weight is 359 g/mol. The van der Waals surface area contributed by atoms with Crippen molar-refractivity contribution < 1.29 is 0 Å². The lowest BCUT2D eigenvalue weighted by Crippen LogP contribution is -2.22. The molecule has 0 spiro atoms. The van der Waals surface area contributed by atoms with Gasteiger partial charge in [0.25, 0.3) is 11.5 Å². The largest absolute Gasteiger partial charge is 0.317 e. The molecule has 0 bridgehead atoms. The molecule has 3 heterocycles. The Morgan fingerprint density at radius 2 is 1.74 bits per heavy atom. The zero-order chi connectivity index (χ0) is 19.1. The predicted molar refractivity (Wildman–Crippen MR) is 106 cm³/mol. The van der Waals surface area contributed by atoms with Crippen LogP contribution in [0, 0.1) is 20.8 Å². The maximum absolute atomic E-state index is 13.2. The Morgan fingerprint density at radius 3 is 2.44 bits per heavy atom. The Kier molecular flexibility index (Phi) is 4.11. The molecule has 0 fully saturated rings. The number of benzene rings is 1. The van der Waals surface area contributed by atoms with Crippen molar-refractivity contribution in [3.63, 3.8) is 0 Å². The lowest BCUT2D eigenvalue weighted by atomic mass is 10.0. The molecule has 1 aromatic carbocycles. The normalized spacial score (nSPS) is 11.3. The fraction of sp³-hybridized carbons (Fsp3) is 0.238. The molecule has 0 N–H and O–H groups in total. The number of hydrogen-bond acceptors (Lipinski definition) is 4. The van der Waals surface area contributed by atoms with Crippen molar-refractivity contribution in [2.75, 3.05) is 0 Å². The summed E-state index contributed by atoms with van der Waals surface area (Å²) in [5, 5.41) is 5.81. The SMILES string of the molecule is CCc1cccc(-n2c(C)c3cnn(-c4ncccn4)c(=O)c3c2C)c1C. The van der Waals surface area contributed by atoms with Crippen molar-refractivity contribution in [1.82, 2.24) is 24.3 Å². The smallest absolute Gasteiger partial charge is 0.283 e. The van der Waals surface area contributed by atoms with Crippen LogP contribution in [-0.4, -0.2) is 24.3 Å². The topological polar surface area (TPSA) is 65.6 Å². The summed E-state index contributed by atoms with van der Waals surface area (Å²) in [5.41, 5.74) is 5.33. The third kappa shape index (κ3) is 2.56. The zero-order valence-corrected chi connectivity index (χ0v) is 15.9. The number of aromatic nitrogens is 5. The molecule has 0 radical (unpaired) electrons. The standard InChI is InChI=1S/C21H21N5O/c1-5-16-8-6-9-18(13(16)2)25-14(3)17-12-24-26(20(27)19(17)15(25)4)21-22-10-7-11-23-21/h6-12H,5H2,1-4H3. The van der Waals surface area contributed by atoms with E-state index in [-0.39, 0.29) is 11.5 Å². The molecule has 0 aliphatic carbocycles. The highest BCUT2D eigenvalue weighted by Crippen LogP contribution is 2.29. The van der Waals surface area contributed by atoms with Crippen LogP contribution in [0.25, 0.3) is 22.4 Å².